The van der Waals surface area contributed by atoms with Crippen LogP contribution in [0.15, 0.2) is 24.3 Å². The van der Waals surface area contributed by atoms with Gasteiger partial charge in [-0.15, -0.1) is 0 Å². The molecule has 3 rings (SSSR count). The first-order valence-electron chi connectivity index (χ1n) is 8.32. The van der Waals surface area contributed by atoms with Gasteiger partial charge in [-0.3, -0.25) is 9.69 Å². The van der Waals surface area contributed by atoms with Crippen LogP contribution in [-0.2, 0) is 9.53 Å². The molecule has 2 heterocycles. The molecule has 0 unspecified atom stereocenters. The second-order valence-electron chi connectivity index (χ2n) is 6.15. The largest absolute Gasteiger partial charge is 0.376 e. The summed E-state index contributed by atoms with van der Waals surface area (Å²) < 4.78 is 19.3. The molecule has 0 aromatic heterocycles. The van der Waals surface area contributed by atoms with Crippen molar-refractivity contribution in [2.75, 3.05) is 50.8 Å². The Bertz CT molecular complexity index is 526. The quantitative estimate of drug-likeness (QED) is 0.886. The first-order chi connectivity index (χ1) is 11.2. The lowest BCUT2D eigenvalue weighted by atomic mass is 10.2. The van der Waals surface area contributed by atoms with Gasteiger partial charge < -0.3 is 15.0 Å². The minimum absolute atomic E-state index is 0.0415. The van der Waals surface area contributed by atoms with Crippen molar-refractivity contribution in [2.24, 2.45) is 0 Å². The summed E-state index contributed by atoms with van der Waals surface area (Å²) >= 11 is 0. The Labute approximate surface area is 136 Å². The maximum absolute atomic E-state index is 13.8. The lowest BCUT2D eigenvalue weighted by molar-refractivity contribution is -0.122. The third kappa shape index (κ3) is 4.42. The molecule has 126 valence electrons. The van der Waals surface area contributed by atoms with E-state index in [4.69, 9.17) is 4.74 Å². The van der Waals surface area contributed by atoms with Crippen LogP contribution >= 0.6 is 0 Å². The molecule has 23 heavy (non-hydrogen) atoms. The number of ether oxygens (including phenoxy) is 1. The number of rotatable bonds is 5. The Kier molecular flexibility index (Phi) is 5.46. The van der Waals surface area contributed by atoms with E-state index in [1.54, 1.807) is 12.1 Å². The van der Waals surface area contributed by atoms with Crippen molar-refractivity contribution in [2.45, 2.75) is 18.9 Å². The van der Waals surface area contributed by atoms with Crippen LogP contribution in [0.3, 0.4) is 0 Å². The molecule has 5 nitrogen and oxygen atoms in total. The van der Waals surface area contributed by atoms with Crippen molar-refractivity contribution >= 4 is 11.6 Å². The molecular formula is C17H24FN3O2. The SMILES string of the molecule is O=C(CN1CCN(c2ccccc2F)CC1)NC[C@H]1CCCO1. The average Bonchev–Trinajstić information content (AvgIpc) is 3.08. The van der Waals surface area contributed by atoms with Crippen molar-refractivity contribution < 1.29 is 13.9 Å². The smallest absolute Gasteiger partial charge is 0.234 e. The van der Waals surface area contributed by atoms with Gasteiger partial charge in [0.15, 0.2) is 0 Å². The predicted molar refractivity (Wildman–Crippen MR) is 87.0 cm³/mol. The molecule has 0 saturated carbocycles. The maximum Gasteiger partial charge on any atom is 0.234 e. The van der Waals surface area contributed by atoms with E-state index >= 15 is 0 Å². The number of nitrogens with zero attached hydrogens (tertiary/aromatic N) is 2. The van der Waals surface area contributed by atoms with E-state index < -0.39 is 0 Å². The van der Waals surface area contributed by atoms with Crippen LogP contribution in [0.4, 0.5) is 10.1 Å². The lowest BCUT2D eigenvalue weighted by Gasteiger charge is -2.35. The van der Waals surface area contributed by atoms with Gasteiger partial charge in [0, 0.05) is 39.3 Å². The van der Waals surface area contributed by atoms with Crippen molar-refractivity contribution in [3.8, 4) is 0 Å². The zero-order valence-electron chi connectivity index (χ0n) is 13.3. The topological polar surface area (TPSA) is 44.8 Å². The van der Waals surface area contributed by atoms with Gasteiger partial charge in [0.1, 0.15) is 5.82 Å². The highest BCUT2D eigenvalue weighted by atomic mass is 19.1. The van der Waals surface area contributed by atoms with Crippen LogP contribution in [-0.4, -0.2) is 62.8 Å². The van der Waals surface area contributed by atoms with Gasteiger partial charge in [-0.25, -0.2) is 4.39 Å². The number of carbonyl (C=O) groups is 1. The van der Waals surface area contributed by atoms with E-state index in [9.17, 15) is 9.18 Å². The van der Waals surface area contributed by atoms with Crippen LogP contribution in [0.1, 0.15) is 12.8 Å². The van der Waals surface area contributed by atoms with Crippen LogP contribution in [0.2, 0.25) is 0 Å². The molecule has 1 atom stereocenters. The second-order valence-corrected chi connectivity index (χ2v) is 6.15. The Morgan fingerprint density at radius 3 is 2.74 bits per heavy atom. The number of anilines is 1. The highest BCUT2D eigenvalue weighted by molar-refractivity contribution is 5.78. The fourth-order valence-electron chi connectivity index (χ4n) is 3.15. The van der Waals surface area contributed by atoms with Crippen LogP contribution in [0.25, 0.3) is 0 Å². The molecule has 2 aliphatic heterocycles. The van der Waals surface area contributed by atoms with Crippen LogP contribution in [0, 0.1) is 5.82 Å². The van der Waals surface area contributed by atoms with Crippen molar-refractivity contribution in [3.63, 3.8) is 0 Å². The standard InChI is InChI=1S/C17H24FN3O2/c18-15-5-1-2-6-16(15)21-9-7-20(8-10-21)13-17(22)19-12-14-4-3-11-23-14/h1-2,5-6,14H,3-4,7-13H2,(H,19,22)/t14-/m1/s1. The van der Waals surface area contributed by atoms with Gasteiger partial charge in [-0.05, 0) is 25.0 Å². The van der Waals surface area contributed by atoms with E-state index in [-0.39, 0.29) is 17.8 Å². The van der Waals surface area contributed by atoms with E-state index in [0.29, 0.717) is 18.8 Å². The number of halogens is 1. The van der Waals surface area contributed by atoms with Gasteiger partial charge in [-0.1, -0.05) is 12.1 Å². The summed E-state index contributed by atoms with van der Waals surface area (Å²) in [6.07, 6.45) is 2.29. The summed E-state index contributed by atoms with van der Waals surface area (Å²) in [5, 5.41) is 2.94. The molecule has 1 aromatic carbocycles. The number of hydrogen-bond acceptors (Lipinski definition) is 4. The molecule has 1 amide bonds. The molecule has 2 aliphatic rings. The summed E-state index contributed by atoms with van der Waals surface area (Å²) in [7, 11) is 0. The molecule has 1 aromatic rings. The molecule has 0 spiro atoms. The second kappa shape index (κ2) is 7.75. The van der Waals surface area contributed by atoms with E-state index in [0.717, 1.165) is 45.6 Å². The minimum atomic E-state index is -0.185. The minimum Gasteiger partial charge on any atom is -0.376 e. The number of piperazine rings is 1. The number of carbonyl (C=O) groups excluding carboxylic acids is 1. The maximum atomic E-state index is 13.8. The Morgan fingerprint density at radius 2 is 2.04 bits per heavy atom. The zero-order chi connectivity index (χ0) is 16.1. The molecule has 0 aliphatic carbocycles. The first kappa shape index (κ1) is 16.2. The van der Waals surface area contributed by atoms with Crippen LogP contribution < -0.4 is 10.2 Å². The third-order valence-electron chi connectivity index (χ3n) is 4.48. The van der Waals surface area contributed by atoms with E-state index in [1.807, 2.05) is 11.0 Å². The summed E-state index contributed by atoms with van der Waals surface area (Å²) in [6, 6.07) is 6.84. The molecule has 1 N–H and O–H groups in total. The third-order valence-corrected chi connectivity index (χ3v) is 4.48. The lowest BCUT2D eigenvalue weighted by Crippen LogP contribution is -2.50. The van der Waals surface area contributed by atoms with Gasteiger partial charge in [-0.2, -0.15) is 0 Å². The molecule has 0 radical (unpaired) electrons. The Morgan fingerprint density at radius 1 is 1.26 bits per heavy atom. The summed E-state index contributed by atoms with van der Waals surface area (Å²) in [6.45, 7) is 4.81. The molecule has 0 bridgehead atoms. The van der Waals surface area contributed by atoms with Crippen molar-refractivity contribution in [1.29, 1.82) is 0 Å². The Balaban J connectivity index is 1.40. The number of nitrogens with one attached hydrogen (secondary N) is 1. The number of para-hydroxylation sites is 1. The summed E-state index contributed by atoms with van der Waals surface area (Å²) in [4.78, 5) is 16.1. The van der Waals surface area contributed by atoms with Gasteiger partial charge >= 0.3 is 0 Å². The number of amides is 1. The van der Waals surface area contributed by atoms with E-state index in [2.05, 4.69) is 10.2 Å². The highest BCUT2D eigenvalue weighted by Gasteiger charge is 2.21. The van der Waals surface area contributed by atoms with Gasteiger partial charge in [0.05, 0.1) is 18.3 Å². The molecule has 6 heteroatoms. The normalized spacial score (nSPS) is 22.3. The molecule has 2 fully saturated rings. The van der Waals surface area contributed by atoms with Crippen molar-refractivity contribution in [1.82, 2.24) is 10.2 Å². The fourth-order valence-corrected chi connectivity index (χ4v) is 3.15. The van der Waals surface area contributed by atoms with Crippen LogP contribution in [0.5, 0.6) is 0 Å². The molecular weight excluding hydrogens is 297 g/mol. The average molecular weight is 321 g/mol. The van der Waals surface area contributed by atoms with E-state index in [1.165, 1.54) is 6.07 Å². The van der Waals surface area contributed by atoms with Gasteiger partial charge in [0.2, 0.25) is 5.91 Å². The summed E-state index contributed by atoms with van der Waals surface area (Å²) in [5.41, 5.74) is 0.648. The Hall–Kier alpha value is -1.66. The highest BCUT2D eigenvalue weighted by Crippen LogP contribution is 2.20. The molecule has 2 saturated heterocycles. The number of hydrogen-bond donors (Lipinski definition) is 1. The summed E-state index contributed by atoms with van der Waals surface area (Å²) in [5.74, 6) is -0.143. The fraction of sp³-hybridized carbons (Fsp3) is 0.588. The predicted octanol–water partition coefficient (Wildman–Crippen LogP) is 1.24. The first-order valence-corrected chi connectivity index (χ1v) is 8.32. The monoisotopic (exact) mass is 321 g/mol. The zero-order valence-corrected chi connectivity index (χ0v) is 13.3. The van der Waals surface area contributed by atoms with Crippen molar-refractivity contribution in [3.05, 3.63) is 30.1 Å². The number of benzene rings is 1. The van der Waals surface area contributed by atoms with Gasteiger partial charge in [0.25, 0.3) is 0 Å².